The standard InChI is InChI=1S/C35H38BrN3O6S/c1-5-37-35(41)32(21-26-9-7-6-8-10-26)38(23-27-13-15-28(36)16-14-27)34(40)24-39(31-22-29(44-3)17-20-33(31)45-4)46(42,43)30-18-11-25(2)12-19-30/h6-20,22,32H,5,21,23-24H2,1-4H3,(H,37,41)/t32-/m0/s1. The van der Waals surface area contributed by atoms with Crippen LogP contribution in [0, 0.1) is 6.92 Å². The minimum Gasteiger partial charge on any atom is -0.497 e. The van der Waals surface area contributed by atoms with Crippen molar-refractivity contribution in [3.05, 3.63) is 118 Å². The first-order valence-electron chi connectivity index (χ1n) is 14.7. The molecule has 0 aliphatic rings. The van der Waals surface area contributed by atoms with Crippen LogP contribution in [0.15, 0.2) is 106 Å². The fraction of sp³-hybridized carbons (Fsp3) is 0.257. The van der Waals surface area contributed by atoms with Gasteiger partial charge in [0, 0.05) is 30.0 Å². The van der Waals surface area contributed by atoms with Crippen molar-refractivity contribution in [3.63, 3.8) is 0 Å². The maximum atomic E-state index is 14.6. The average molecular weight is 709 g/mol. The molecule has 9 nitrogen and oxygen atoms in total. The zero-order valence-electron chi connectivity index (χ0n) is 26.3. The van der Waals surface area contributed by atoms with Gasteiger partial charge in [-0.15, -0.1) is 0 Å². The Morgan fingerprint density at radius 2 is 1.54 bits per heavy atom. The minimum atomic E-state index is -4.31. The molecule has 0 fully saturated rings. The van der Waals surface area contributed by atoms with Gasteiger partial charge in [0.1, 0.15) is 24.1 Å². The molecule has 4 aromatic rings. The number of nitrogens with one attached hydrogen (secondary N) is 1. The lowest BCUT2D eigenvalue weighted by molar-refractivity contribution is -0.140. The second-order valence-electron chi connectivity index (χ2n) is 10.6. The Hall–Kier alpha value is -4.35. The number of rotatable bonds is 14. The Bertz CT molecular complexity index is 1730. The molecule has 0 spiro atoms. The summed E-state index contributed by atoms with van der Waals surface area (Å²) in [6, 6.07) is 27.0. The lowest BCUT2D eigenvalue weighted by Crippen LogP contribution is -2.53. The van der Waals surface area contributed by atoms with Crippen molar-refractivity contribution in [2.75, 3.05) is 31.6 Å². The molecule has 1 atom stereocenters. The van der Waals surface area contributed by atoms with Crippen LogP contribution in [-0.4, -0.2) is 58.5 Å². The van der Waals surface area contributed by atoms with E-state index in [1.807, 2.05) is 68.4 Å². The quantitative estimate of drug-likeness (QED) is 0.179. The molecule has 242 valence electrons. The summed E-state index contributed by atoms with van der Waals surface area (Å²) >= 11 is 3.45. The molecular weight excluding hydrogens is 670 g/mol. The molecule has 0 saturated heterocycles. The smallest absolute Gasteiger partial charge is 0.264 e. The molecule has 2 amide bonds. The number of methoxy groups -OCH3 is 2. The van der Waals surface area contributed by atoms with E-state index >= 15 is 0 Å². The number of hydrogen-bond acceptors (Lipinski definition) is 6. The first-order chi connectivity index (χ1) is 22.1. The van der Waals surface area contributed by atoms with Gasteiger partial charge in [-0.25, -0.2) is 8.42 Å². The third kappa shape index (κ3) is 8.46. The summed E-state index contributed by atoms with van der Waals surface area (Å²) in [5.41, 5.74) is 2.63. The summed E-state index contributed by atoms with van der Waals surface area (Å²) < 4.78 is 41.5. The zero-order valence-corrected chi connectivity index (χ0v) is 28.7. The molecule has 4 rings (SSSR count). The Balaban J connectivity index is 1.85. The fourth-order valence-corrected chi connectivity index (χ4v) is 6.66. The highest BCUT2D eigenvalue weighted by molar-refractivity contribution is 9.10. The first-order valence-corrected chi connectivity index (χ1v) is 17.0. The van der Waals surface area contributed by atoms with Gasteiger partial charge < -0.3 is 19.7 Å². The van der Waals surface area contributed by atoms with Crippen molar-refractivity contribution < 1.29 is 27.5 Å². The predicted molar refractivity (Wildman–Crippen MR) is 183 cm³/mol. The van der Waals surface area contributed by atoms with Crippen LogP contribution in [0.1, 0.15) is 23.6 Å². The number of carbonyl (C=O) groups excluding carboxylic acids is 2. The summed E-state index contributed by atoms with van der Waals surface area (Å²) in [6.45, 7) is 3.48. The number of halogens is 1. The van der Waals surface area contributed by atoms with Crippen molar-refractivity contribution in [3.8, 4) is 11.5 Å². The molecule has 46 heavy (non-hydrogen) atoms. The SMILES string of the molecule is CCNC(=O)[C@H](Cc1ccccc1)N(Cc1ccc(Br)cc1)C(=O)CN(c1cc(OC)ccc1OC)S(=O)(=O)c1ccc(C)cc1. The van der Waals surface area contributed by atoms with Crippen molar-refractivity contribution in [2.24, 2.45) is 0 Å². The van der Waals surface area contributed by atoms with E-state index in [4.69, 9.17) is 9.47 Å². The number of amides is 2. The third-order valence-corrected chi connectivity index (χ3v) is 9.73. The summed E-state index contributed by atoms with van der Waals surface area (Å²) in [5, 5.41) is 2.87. The molecule has 0 heterocycles. The van der Waals surface area contributed by atoms with Gasteiger partial charge in [0.15, 0.2) is 0 Å². The monoisotopic (exact) mass is 707 g/mol. The van der Waals surface area contributed by atoms with Crippen LogP contribution in [0.25, 0.3) is 0 Å². The summed E-state index contributed by atoms with van der Waals surface area (Å²) in [7, 11) is -1.41. The van der Waals surface area contributed by atoms with E-state index in [2.05, 4.69) is 21.2 Å². The van der Waals surface area contributed by atoms with Crippen LogP contribution in [-0.2, 0) is 32.6 Å². The number of nitrogens with zero attached hydrogens (tertiary/aromatic N) is 2. The van der Waals surface area contributed by atoms with Crippen LogP contribution in [0.5, 0.6) is 11.5 Å². The molecular formula is C35H38BrN3O6S. The molecule has 4 aromatic carbocycles. The Kier molecular flexibility index (Phi) is 11.8. The number of sulfonamides is 1. The van der Waals surface area contributed by atoms with Crippen molar-refractivity contribution >= 4 is 43.5 Å². The van der Waals surface area contributed by atoms with E-state index in [1.54, 1.807) is 24.3 Å². The second kappa shape index (κ2) is 15.8. The maximum Gasteiger partial charge on any atom is 0.264 e. The number of aryl methyl sites for hydroxylation is 1. The van der Waals surface area contributed by atoms with Gasteiger partial charge in [-0.05, 0) is 61.4 Å². The van der Waals surface area contributed by atoms with Gasteiger partial charge in [0.05, 0.1) is 24.8 Å². The normalized spacial score (nSPS) is 11.8. The summed E-state index contributed by atoms with van der Waals surface area (Å²) in [4.78, 5) is 29.7. The Labute approximate surface area is 279 Å². The third-order valence-electron chi connectivity index (χ3n) is 7.43. The minimum absolute atomic E-state index is 0.000191. The number of benzene rings is 4. The largest absolute Gasteiger partial charge is 0.497 e. The summed E-state index contributed by atoms with van der Waals surface area (Å²) in [5.74, 6) is -0.309. The lowest BCUT2D eigenvalue weighted by Gasteiger charge is -2.34. The predicted octanol–water partition coefficient (Wildman–Crippen LogP) is 5.75. The summed E-state index contributed by atoms with van der Waals surface area (Å²) in [6.07, 6.45) is 0.224. The number of anilines is 1. The van der Waals surface area contributed by atoms with E-state index in [0.29, 0.717) is 12.3 Å². The van der Waals surface area contributed by atoms with Crippen molar-refractivity contribution in [1.29, 1.82) is 0 Å². The van der Waals surface area contributed by atoms with E-state index in [0.717, 1.165) is 25.5 Å². The van der Waals surface area contributed by atoms with Crippen LogP contribution >= 0.6 is 15.9 Å². The van der Waals surface area contributed by atoms with E-state index in [9.17, 15) is 18.0 Å². The van der Waals surface area contributed by atoms with Crippen LogP contribution in [0.2, 0.25) is 0 Å². The number of ether oxygens (including phenoxy) is 2. The first kappa shape index (κ1) is 34.5. The van der Waals surface area contributed by atoms with Crippen LogP contribution < -0.4 is 19.1 Å². The van der Waals surface area contributed by atoms with Crippen molar-refractivity contribution in [2.45, 2.75) is 37.8 Å². The van der Waals surface area contributed by atoms with Crippen LogP contribution in [0.3, 0.4) is 0 Å². The van der Waals surface area contributed by atoms with Gasteiger partial charge >= 0.3 is 0 Å². The fourth-order valence-electron chi connectivity index (χ4n) is 4.97. The number of likely N-dealkylation sites (N-methyl/N-ethyl adjacent to an activating group) is 1. The maximum absolute atomic E-state index is 14.6. The van der Waals surface area contributed by atoms with Gasteiger partial charge in [0.2, 0.25) is 11.8 Å². The van der Waals surface area contributed by atoms with E-state index < -0.39 is 28.5 Å². The molecule has 0 saturated carbocycles. The molecule has 0 aliphatic heterocycles. The van der Waals surface area contributed by atoms with Gasteiger partial charge in [-0.3, -0.25) is 13.9 Å². The second-order valence-corrected chi connectivity index (χ2v) is 13.4. The molecule has 0 aromatic heterocycles. The highest BCUT2D eigenvalue weighted by Crippen LogP contribution is 2.36. The molecule has 0 unspecified atom stereocenters. The zero-order chi connectivity index (χ0) is 33.3. The van der Waals surface area contributed by atoms with E-state index in [1.165, 1.54) is 37.3 Å². The number of carbonyl (C=O) groups is 2. The number of hydrogen-bond donors (Lipinski definition) is 1. The molecule has 0 aliphatic carbocycles. The van der Waals surface area contributed by atoms with Gasteiger partial charge in [0.25, 0.3) is 10.0 Å². The Morgan fingerprint density at radius 1 is 0.870 bits per heavy atom. The molecule has 1 N–H and O–H groups in total. The van der Waals surface area contributed by atoms with E-state index in [-0.39, 0.29) is 35.2 Å². The molecule has 11 heteroatoms. The highest BCUT2D eigenvalue weighted by atomic mass is 79.9. The highest BCUT2D eigenvalue weighted by Gasteiger charge is 2.35. The molecule has 0 bridgehead atoms. The van der Waals surface area contributed by atoms with Gasteiger partial charge in [-0.2, -0.15) is 0 Å². The van der Waals surface area contributed by atoms with Gasteiger partial charge in [-0.1, -0.05) is 76.1 Å². The molecule has 0 radical (unpaired) electrons. The van der Waals surface area contributed by atoms with Crippen LogP contribution in [0.4, 0.5) is 5.69 Å². The average Bonchev–Trinajstić information content (AvgIpc) is 3.06. The van der Waals surface area contributed by atoms with Crippen molar-refractivity contribution in [1.82, 2.24) is 10.2 Å². The lowest BCUT2D eigenvalue weighted by atomic mass is 10.0. The Morgan fingerprint density at radius 3 is 2.15 bits per heavy atom. The topological polar surface area (TPSA) is 105 Å².